The molecule has 0 N–H and O–H groups in total. The van der Waals surface area contributed by atoms with Gasteiger partial charge in [0.1, 0.15) is 12.2 Å². The van der Waals surface area contributed by atoms with E-state index < -0.39 is 18.5 Å². The van der Waals surface area contributed by atoms with Crippen molar-refractivity contribution in [2.75, 3.05) is 40.3 Å². The minimum atomic E-state index is -4.45. The maximum Gasteiger partial charge on any atom is 0.397 e. The standard InChI is InChI=1S/C19H27F3N2O2/c1-23(18(25)12-19(20,21)22)13-15-6-5-10-24(14-15)11-9-16-7-3-4-8-17(16)26-2/h3-4,7-8,15H,5-6,9-14H2,1-2H3. The van der Waals surface area contributed by atoms with Crippen molar-refractivity contribution in [1.29, 1.82) is 0 Å². The van der Waals surface area contributed by atoms with E-state index in [1.165, 1.54) is 11.9 Å². The summed E-state index contributed by atoms with van der Waals surface area (Å²) in [5.74, 6) is 0.228. The number of alkyl halides is 3. The molecule has 0 radical (unpaired) electrons. The number of likely N-dealkylation sites (tertiary alicyclic amines) is 1. The van der Waals surface area contributed by atoms with Gasteiger partial charge in [-0.05, 0) is 43.4 Å². The van der Waals surface area contributed by atoms with Crippen LogP contribution in [-0.2, 0) is 11.2 Å². The summed E-state index contributed by atoms with van der Waals surface area (Å²) < 4.78 is 42.5. The Balaban J connectivity index is 1.82. The number of ether oxygens (including phenoxy) is 1. The van der Waals surface area contributed by atoms with Gasteiger partial charge in [-0.15, -0.1) is 0 Å². The molecule has 1 amide bonds. The highest BCUT2D eigenvalue weighted by Gasteiger charge is 2.33. The highest BCUT2D eigenvalue weighted by Crippen LogP contribution is 2.23. The average Bonchev–Trinajstić information content (AvgIpc) is 2.59. The van der Waals surface area contributed by atoms with Crippen molar-refractivity contribution in [3.63, 3.8) is 0 Å². The number of hydrogen-bond donors (Lipinski definition) is 0. The van der Waals surface area contributed by atoms with Crippen molar-refractivity contribution < 1.29 is 22.7 Å². The molecule has 7 heteroatoms. The van der Waals surface area contributed by atoms with Gasteiger partial charge < -0.3 is 14.5 Å². The van der Waals surface area contributed by atoms with E-state index in [1.807, 2.05) is 24.3 Å². The Morgan fingerprint density at radius 2 is 2.08 bits per heavy atom. The fourth-order valence-electron chi connectivity index (χ4n) is 3.49. The highest BCUT2D eigenvalue weighted by molar-refractivity contribution is 5.76. The predicted octanol–water partition coefficient (Wildman–Crippen LogP) is 3.36. The maximum absolute atomic E-state index is 12.4. The van der Waals surface area contributed by atoms with Gasteiger partial charge in [-0.25, -0.2) is 0 Å². The lowest BCUT2D eigenvalue weighted by Crippen LogP contribution is -2.42. The third-order valence-corrected chi connectivity index (χ3v) is 4.80. The van der Waals surface area contributed by atoms with Crippen LogP contribution in [0.1, 0.15) is 24.8 Å². The highest BCUT2D eigenvalue weighted by atomic mass is 19.4. The fourth-order valence-corrected chi connectivity index (χ4v) is 3.49. The zero-order valence-corrected chi connectivity index (χ0v) is 15.4. The molecule has 146 valence electrons. The van der Waals surface area contributed by atoms with E-state index >= 15 is 0 Å². The summed E-state index contributed by atoms with van der Waals surface area (Å²) in [6, 6.07) is 7.91. The molecule has 26 heavy (non-hydrogen) atoms. The molecule has 1 aliphatic rings. The number of rotatable bonds is 7. The van der Waals surface area contributed by atoms with Gasteiger partial charge in [0.05, 0.1) is 7.11 Å². The number of amides is 1. The van der Waals surface area contributed by atoms with Gasteiger partial charge in [0.2, 0.25) is 5.91 Å². The topological polar surface area (TPSA) is 32.8 Å². The van der Waals surface area contributed by atoms with E-state index in [1.54, 1.807) is 7.11 Å². The molecule has 1 aromatic carbocycles. The van der Waals surface area contributed by atoms with Crippen molar-refractivity contribution in [3.05, 3.63) is 29.8 Å². The molecule has 1 heterocycles. The Bertz CT molecular complexity index is 592. The molecule has 0 aromatic heterocycles. The van der Waals surface area contributed by atoms with Crippen molar-refractivity contribution in [2.24, 2.45) is 5.92 Å². The number of para-hydroxylation sites is 1. The molecule has 1 unspecified atom stereocenters. The lowest BCUT2D eigenvalue weighted by Gasteiger charge is -2.35. The minimum absolute atomic E-state index is 0.212. The number of benzene rings is 1. The van der Waals surface area contributed by atoms with Gasteiger partial charge in [0.25, 0.3) is 0 Å². The zero-order valence-electron chi connectivity index (χ0n) is 15.4. The largest absolute Gasteiger partial charge is 0.496 e. The Morgan fingerprint density at radius 3 is 2.77 bits per heavy atom. The fraction of sp³-hybridized carbons (Fsp3) is 0.632. The molecule has 1 fully saturated rings. The molecule has 1 aromatic rings. The van der Waals surface area contributed by atoms with Crippen LogP contribution in [0, 0.1) is 5.92 Å². The summed E-state index contributed by atoms with van der Waals surface area (Å²) in [6.45, 7) is 3.03. The second-order valence-electron chi connectivity index (χ2n) is 6.94. The number of nitrogens with zero attached hydrogens (tertiary/aromatic N) is 2. The van der Waals surface area contributed by atoms with Crippen LogP contribution < -0.4 is 4.74 Å². The Morgan fingerprint density at radius 1 is 1.35 bits per heavy atom. The Labute approximate surface area is 152 Å². The third kappa shape index (κ3) is 6.52. The van der Waals surface area contributed by atoms with Gasteiger partial charge in [0, 0.05) is 26.7 Å². The predicted molar refractivity (Wildman–Crippen MR) is 94.2 cm³/mol. The molecule has 1 saturated heterocycles. The summed E-state index contributed by atoms with van der Waals surface area (Å²) in [7, 11) is 3.12. The molecule has 0 bridgehead atoms. The average molecular weight is 372 g/mol. The second kappa shape index (κ2) is 9.26. The summed E-state index contributed by atoms with van der Waals surface area (Å²) in [6.07, 6.45) is -3.03. The number of hydrogen-bond acceptors (Lipinski definition) is 3. The summed E-state index contributed by atoms with van der Waals surface area (Å²) in [5.41, 5.74) is 1.15. The molecule has 1 atom stereocenters. The quantitative estimate of drug-likeness (QED) is 0.736. The lowest BCUT2D eigenvalue weighted by atomic mass is 9.97. The number of piperidine rings is 1. The number of halogens is 3. The SMILES string of the molecule is COc1ccccc1CCN1CCCC(CN(C)C(=O)CC(F)(F)F)C1. The van der Waals surface area contributed by atoms with E-state index in [4.69, 9.17) is 4.74 Å². The molecule has 2 rings (SSSR count). The first-order chi connectivity index (χ1) is 12.3. The van der Waals surface area contributed by atoms with E-state index in [9.17, 15) is 18.0 Å². The van der Waals surface area contributed by atoms with Crippen molar-refractivity contribution >= 4 is 5.91 Å². The van der Waals surface area contributed by atoms with Crippen molar-refractivity contribution in [2.45, 2.75) is 31.9 Å². The molecule has 0 saturated carbocycles. The number of carbonyl (C=O) groups is 1. The van der Waals surface area contributed by atoms with Crippen molar-refractivity contribution in [3.8, 4) is 5.75 Å². The van der Waals surface area contributed by atoms with Crippen LogP contribution in [-0.4, -0.2) is 62.2 Å². The van der Waals surface area contributed by atoms with Crippen LogP contribution in [0.25, 0.3) is 0 Å². The van der Waals surface area contributed by atoms with E-state index in [0.717, 1.165) is 50.2 Å². The Kier molecular flexibility index (Phi) is 7.32. The molecular formula is C19H27F3N2O2. The second-order valence-corrected chi connectivity index (χ2v) is 6.94. The lowest BCUT2D eigenvalue weighted by molar-refractivity contribution is -0.161. The maximum atomic E-state index is 12.4. The first kappa shape index (κ1) is 20.6. The first-order valence-electron chi connectivity index (χ1n) is 8.93. The van der Waals surface area contributed by atoms with Crippen LogP contribution in [0.3, 0.4) is 0 Å². The zero-order chi connectivity index (χ0) is 19.2. The molecule has 4 nitrogen and oxygen atoms in total. The minimum Gasteiger partial charge on any atom is -0.496 e. The van der Waals surface area contributed by atoms with Crippen molar-refractivity contribution in [1.82, 2.24) is 9.80 Å². The number of methoxy groups -OCH3 is 1. The van der Waals surface area contributed by atoms with Crippen LogP contribution in [0.2, 0.25) is 0 Å². The first-order valence-corrected chi connectivity index (χ1v) is 8.93. The summed E-state index contributed by atoms with van der Waals surface area (Å²) >= 11 is 0. The monoisotopic (exact) mass is 372 g/mol. The van der Waals surface area contributed by atoms with Gasteiger partial charge >= 0.3 is 6.18 Å². The van der Waals surface area contributed by atoms with E-state index in [2.05, 4.69) is 4.90 Å². The van der Waals surface area contributed by atoms with Gasteiger partial charge in [0.15, 0.2) is 0 Å². The smallest absolute Gasteiger partial charge is 0.397 e. The van der Waals surface area contributed by atoms with Crippen LogP contribution in [0.5, 0.6) is 5.75 Å². The molecule has 0 aliphatic carbocycles. The van der Waals surface area contributed by atoms with E-state index in [-0.39, 0.29) is 5.92 Å². The summed E-state index contributed by atoms with van der Waals surface area (Å²) in [5, 5.41) is 0. The van der Waals surface area contributed by atoms with Crippen LogP contribution >= 0.6 is 0 Å². The molecule has 1 aliphatic heterocycles. The third-order valence-electron chi connectivity index (χ3n) is 4.80. The Hall–Kier alpha value is -1.76. The molecule has 0 spiro atoms. The molecular weight excluding hydrogens is 345 g/mol. The van der Waals surface area contributed by atoms with Gasteiger partial charge in [-0.1, -0.05) is 18.2 Å². The van der Waals surface area contributed by atoms with E-state index in [0.29, 0.717) is 6.54 Å². The van der Waals surface area contributed by atoms with Gasteiger partial charge in [-0.2, -0.15) is 13.2 Å². The number of carbonyl (C=O) groups excluding carboxylic acids is 1. The summed E-state index contributed by atoms with van der Waals surface area (Å²) in [4.78, 5) is 15.2. The van der Waals surface area contributed by atoms with Crippen LogP contribution in [0.15, 0.2) is 24.3 Å². The van der Waals surface area contributed by atoms with Gasteiger partial charge in [-0.3, -0.25) is 4.79 Å². The van der Waals surface area contributed by atoms with Crippen LogP contribution in [0.4, 0.5) is 13.2 Å². The normalized spacial score (nSPS) is 18.6.